The molecular weight excluding hydrogens is 270 g/mol. The number of carboxylic acid groups (broad SMARTS) is 1. The highest BCUT2D eigenvalue weighted by atomic mass is 16.5. The van der Waals surface area contributed by atoms with Gasteiger partial charge in [0.05, 0.1) is 6.61 Å². The lowest BCUT2D eigenvalue weighted by Gasteiger charge is -2.33. The van der Waals surface area contributed by atoms with Gasteiger partial charge in [0.2, 0.25) is 0 Å². The molecule has 1 aromatic carbocycles. The van der Waals surface area contributed by atoms with Gasteiger partial charge in [0.25, 0.3) is 5.91 Å². The third kappa shape index (κ3) is 2.65. The van der Waals surface area contributed by atoms with Gasteiger partial charge in [0, 0.05) is 6.04 Å². The van der Waals surface area contributed by atoms with Crippen LogP contribution in [-0.4, -0.2) is 40.6 Å². The van der Waals surface area contributed by atoms with Crippen LogP contribution in [0.5, 0.6) is 0 Å². The Bertz CT molecular complexity index is 567. The topological polar surface area (TPSA) is 66.8 Å². The number of ether oxygens (including phenoxy) is 1. The van der Waals surface area contributed by atoms with E-state index in [9.17, 15) is 14.7 Å². The van der Waals surface area contributed by atoms with Crippen LogP contribution >= 0.6 is 0 Å². The molecule has 2 atom stereocenters. The Balaban J connectivity index is 1.89. The molecule has 3 rings (SSSR count). The maximum atomic E-state index is 12.8. The summed E-state index contributed by atoms with van der Waals surface area (Å²) in [5, 5.41) is 9.24. The second-order valence-electron chi connectivity index (χ2n) is 5.69. The van der Waals surface area contributed by atoms with Gasteiger partial charge in [-0.2, -0.15) is 0 Å². The SMILES string of the molecule is CC(C(=O)O)N(C(=O)C1OCCc2ccccc21)C1CC1. The number of fused-ring (bicyclic) bond motifs is 1. The average Bonchev–Trinajstić information content (AvgIpc) is 3.31. The fourth-order valence-electron chi connectivity index (χ4n) is 2.89. The van der Waals surface area contributed by atoms with Crippen molar-refractivity contribution in [3.63, 3.8) is 0 Å². The molecular formula is C16H19NO4. The summed E-state index contributed by atoms with van der Waals surface area (Å²) in [6.07, 6.45) is 1.87. The highest BCUT2D eigenvalue weighted by molar-refractivity contribution is 5.88. The summed E-state index contributed by atoms with van der Waals surface area (Å²) in [5.41, 5.74) is 1.98. The number of aliphatic carboxylic acids is 1. The summed E-state index contributed by atoms with van der Waals surface area (Å²) >= 11 is 0. The first kappa shape index (κ1) is 14.1. The lowest BCUT2D eigenvalue weighted by molar-refractivity contribution is -0.157. The Hall–Kier alpha value is -1.88. The van der Waals surface area contributed by atoms with E-state index in [1.54, 1.807) is 6.92 Å². The quantitative estimate of drug-likeness (QED) is 0.917. The van der Waals surface area contributed by atoms with E-state index in [1.165, 1.54) is 4.90 Å². The molecule has 0 radical (unpaired) electrons. The molecule has 5 nitrogen and oxygen atoms in total. The summed E-state index contributed by atoms with van der Waals surface area (Å²) in [6, 6.07) is 6.96. The molecule has 1 aliphatic carbocycles. The molecule has 1 fully saturated rings. The molecule has 112 valence electrons. The fraction of sp³-hybridized carbons (Fsp3) is 0.500. The summed E-state index contributed by atoms with van der Waals surface area (Å²) in [5.74, 6) is -1.20. The zero-order valence-electron chi connectivity index (χ0n) is 12.0. The van der Waals surface area contributed by atoms with Crippen molar-refractivity contribution >= 4 is 11.9 Å². The number of hydrogen-bond donors (Lipinski definition) is 1. The van der Waals surface area contributed by atoms with Crippen molar-refractivity contribution in [3.05, 3.63) is 35.4 Å². The van der Waals surface area contributed by atoms with Crippen molar-refractivity contribution in [1.29, 1.82) is 0 Å². The van der Waals surface area contributed by atoms with Crippen molar-refractivity contribution in [3.8, 4) is 0 Å². The Morgan fingerprint density at radius 2 is 2.05 bits per heavy atom. The Morgan fingerprint density at radius 3 is 2.71 bits per heavy atom. The molecule has 1 amide bonds. The van der Waals surface area contributed by atoms with E-state index < -0.39 is 18.1 Å². The fourth-order valence-corrected chi connectivity index (χ4v) is 2.89. The van der Waals surface area contributed by atoms with Crippen molar-refractivity contribution in [2.75, 3.05) is 6.61 Å². The lowest BCUT2D eigenvalue weighted by Crippen LogP contribution is -2.47. The van der Waals surface area contributed by atoms with Crippen molar-refractivity contribution in [2.24, 2.45) is 0 Å². The predicted octanol–water partition coefficient (Wildman–Crippen LogP) is 1.76. The highest BCUT2D eigenvalue weighted by Crippen LogP contribution is 2.35. The van der Waals surface area contributed by atoms with Crippen LogP contribution in [0.1, 0.15) is 37.0 Å². The van der Waals surface area contributed by atoms with Gasteiger partial charge in [-0.25, -0.2) is 4.79 Å². The summed E-state index contributed by atoms with van der Waals surface area (Å²) in [6.45, 7) is 2.06. The minimum absolute atomic E-state index is 0.0429. The third-order valence-electron chi connectivity index (χ3n) is 4.19. The summed E-state index contributed by atoms with van der Waals surface area (Å²) in [4.78, 5) is 25.6. The van der Waals surface area contributed by atoms with Gasteiger partial charge < -0.3 is 14.7 Å². The molecule has 2 unspecified atom stereocenters. The van der Waals surface area contributed by atoms with Crippen LogP contribution in [0.4, 0.5) is 0 Å². The average molecular weight is 289 g/mol. The minimum Gasteiger partial charge on any atom is -0.480 e. The molecule has 21 heavy (non-hydrogen) atoms. The van der Waals surface area contributed by atoms with E-state index in [1.807, 2.05) is 24.3 Å². The molecule has 1 heterocycles. The van der Waals surface area contributed by atoms with E-state index in [2.05, 4.69) is 0 Å². The zero-order valence-corrected chi connectivity index (χ0v) is 12.0. The Labute approximate surface area is 123 Å². The number of rotatable bonds is 4. The van der Waals surface area contributed by atoms with Gasteiger partial charge in [-0.05, 0) is 37.3 Å². The third-order valence-corrected chi connectivity index (χ3v) is 4.19. The van der Waals surface area contributed by atoms with E-state index in [-0.39, 0.29) is 11.9 Å². The molecule has 0 spiro atoms. The van der Waals surface area contributed by atoms with E-state index >= 15 is 0 Å². The van der Waals surface area contributed by atoms with E-state index in [0.29, 0.717) is 6.61 Å². The number of carbonyl (C=O) groups excluding carboxylic acids is 1. The molecule has 1 saturated carbocycles. The standard InChI is InChI=1S/C16H19NO4/c1-10(16(19)20)17(12-6-7-12)15(18)14-13-5-3-2-4-11(13)8-9-21-14/h2-5,10,12,14H,6-9H2,1H3,(H,19,20). The largest absolute Gasteiger partial charge is 0.480 e. The molecule has 1 aromatic rings. The summed E-state index contributed by atoms with van der Waals surface area (Å²) < 4.78 is 5.67. The highest BCUT2D eigenvalue weighted by Gasteiger charge is 2.42. The van der Waals surface area contributed by atoms with Crippen LogP contribution in [0, 0.1) is 0 Å². The predicted molar refractivity (Wildman–Crippen MR) is 75.8 cm³/mol. The van der Waals surface area contributed by atoms with Gasteiger partial charge in [0.1, 0.15) is 6.04 Å². The van der Waals surface area contributed by atoms with E-state index in [4.69, 9.17) is 4.74 Å². The number of hydrogen-bond acceptors (Lipinski definition) is 3. The second kappa shape index (κ2) is 5.48. The lowest BCUT2D eigenvalue weighted by atomic mass is 9.96. The first-order chi connectivity index (χ1) is 10.1. The van der Waals surface area contributed by atoms with Crippen LogP contribution in [0.2, 0.25) is 0 Å². The van der Waals surface area contributed by atoms with Crippen LogP contribution in [-0.2, 0) is 20.7 Å². The van der Waals surface area contributed by atoms with Gasteiger partial charge >= 0.3 is 5.97 Å². The number of benzene rings is 1. The molecule has 0 aromatic heterocycles. The molecule has 5 heteroatoms. The van der Waals surface area contributed by atoms with Crippen molar-refractivity contribution in [1.82, 2.24) is 4.90 Å². The molecule has 0 bridgehead atoms. The normalized spacial score (nSPS) is 22.2. The van der Waals surface area contributed by atoms with Gasteiger partial charge in [-0.15, -0.1) is 0 Å². The monoisotopic (exact) mass is 289 g/mol. The van der Waals surface area contributed by atoms with Crippen LogP contribution in [0.15, 0.2) is 24.3 Å². The maximum Gasteiger partial charge on any atom is 0.326 e. The molecule has 2 aliphatic rings. The summed E-state index contributed by atoms with van der Waals surface area (Å²) in [7, 11) is 0. The maximum absolute atomic E-state index is 12.8. The number of nitrogens with zero attached hydrogens (tertiary/aromatic N) is 1. The Morgan fingerprint density at radius 1 is 1.33 bits per heavy atom. The molecule has 1 aliphatic heterocycles. The minimum atomic E-state index is -0.973. The van der Waals surface area contributed by atoms with E-state index in [0.717, 1.165) is 30.4 Å². The molecule has 1 N–H and O–H groups in total. The van der Waals surface area contributed by atoms with Crippen molar-refractivity contribution < 1.29 is 19.4 Å². The first-order valence-electron chi connectivity index (χ1n) is 7.34. The van der Waals surface area contributed by atoms with Gasteiger partial charge in [-0.1, -0.05) is 24.3 Å². The van der Waals surface area contributed by atoms with Gasteiger partial charge in [0.15, 0.2) is 6.10 Å². The van der Waals surface area contributed by atoms with Crippen LogP contribution in [0.3, 0.4) is 0 Å². The number of carbonyl (C=O) groups is 2. The number of amides is 1. The first-order valence-corrected chi connectivity index (χ1v) is 7.34. The number of carboxylic acids is 1. The molecule has 0 saturated heterocycles. The van der Waals surface area contributed by atoms with Crippen LogP contribution < -0.4 is 0 Å². The van der Waals surface area contributed by atoms with Crippen molar-refractivity contribution in [2.45, 2.75) is 44.4 Å². The van der Waals surface area contributed by atoms with Crippen LogP contribution in [0.25, 0.3) is 0 Å². The second-order valence-corrected chi connectivity index (χ2v) is 5.69. The Kier molecular flexibility index (Phi) is 3.68. The smallest absolute Gasteiger partial charge is 0.326 e. The zero-order chi connectivity index (χ0) is 15.0. The van der Waals surface area contributed by atoms with Gasteiger partial charge in [-0.3, -0.25) is 4.79 Å².